The van der Waals surface area contributed by atoms with Crippen molar-refractivity contribution in [2.75, 3.05) is 0 Å². The van der Waals surface area contributed by atoms with Crippen molar-refractivity contribution in [3.8, 4) is 0 Å². The van der Waals surface area contributed by atoms with Crippen molar-refractivity contribution in [2.45, 2.75) is 32.4 Å². The first-order valence-corrected chi connectivity index (χ1v) is 7.60. The second kappa shape index (κ2) is 8.25. The quantitative estimate of drug-likeness (QED) is 0.336. The maximum atomic E-state index is 10.8. The number of carboxylic acid groups (broad SMARTS) is 1. The van der Waals surface area contributed by atoms with E-state index in [0.717, 1.165) is 5.56 Å². The summed E-state index contributed by atoms with van der Waals surface area (Å²) in [6.45, 7) is 0.810. The van der Waals surface area contributed by atoms with Gasteiger partial charge in [0.1, 0.15) is 10.3 Å². The van der Waals surface area contributed by atoms with Crippen molar-refractivity contribution in [2.24, 2.45) is 5.10 Å². The van der Waals surface area contributed by atoms with Crippen molar-refractivity contribution in [3.05, 3.63) is 57.2 Å². The standard InChI is InChI=1S/C14H16ClN5O4/c15-12-5-4-11(9-16-12)10-19-8-7-18(14(19)17-20(23)24)6-2-1-3-13(21)22/h4-5,7-9H,1-3,6,10H2,(H,21,22). The van der Waals surface area contributed by atoms with Gasteiger partial charge >= 0.3 is 5.97 Å². The van der Waals surface area contributed by atoms with Crippen LogP contribution in [0.3, 0.4) is 0 Å². The molecule has 24 heavy (non-hydrogen) atoms. The first kappa shape index (κ1) is 17.7. The van der Waals surface area contributed by atoms with Crippen LogP contribution in [0.25, 0.3) is 0 Å². The van der Waals surface area contributed by atoms with Crippen molar-refractivity contribution in [1.82, 2.24) is 14.1 Å². The molecule has 0 radical (unpaired) electrons. The Balaban J connectivity index is 2.17. The molecule has 0 spiro atoms. The maximum absolute atomic E-state index is 10.8. The highest BCUT2D eigenvalue weighted by Crippen LogP contribution is 2.06. The molecule has 0 amide bonds. The number of aliphatic carboxylic acids is 1. The summed E-state index contributed by atoms with van der Waals surface area (Å²) in [4.78, 5) is 25.3. The predicted molar refractivity (Wildman–Crippen MR) is 84.8 cm³/mol. The number of unbranched alkanes of at least 4 members (excludes halogenated alkanes) is 1. The molecule has 2 heterocycles. The Morgan fingerprint density at radius 1 is 1.33 bits per heavy atom. The predicted octanol–water partition coefficient (Wildman–Crippen LogP) is 1.73. The molecule has 0 saturated carbocycles. The van der Waals surface area contributed by atoms with E-state index in [9.17, 15) is 14.9 Å². The molecule has 0 aliphatic rings. The summed E-state index contributed by atoms with van der Waals surface area (Å²) in [7, 11) is 0. The third-order valence-corrected chi connectivity index (χ3v) is 3.52. The van der Waals surface area contributed by atoms with Crippen LogP contribution in [-0.2, 0) is 17.9 Å². The number of carbonyl (C=O) groups is 1. The van der Waals surface area contributed by atoms with E-state index in [-0.39, 0.29) is 12.0 Å². The van der Waals surface area contributed by atoms with Crippen LogP contribution in [0.1, 0.15) is 24.8 Å². The van der Waals surface area contributed by atoms with E-state index in [1.165, 1.54) is 0 Å². The lowest BCUT2D eigenvalue weighted by atomic mass is 10.2. The lowest BCUT2D eigenvalue weighted by Gasteiger charge is -2.04. The van der Waals surface area contributed by atoms with Gasteiger partial charge in [-0.15, -0.1) is 0 Å². The first-order valence-electron chi connectivity index (χ1n) is 7.22. The van der Waals surface area contributed by atoms with E-state index in [0.29, 0.717) is 31.1 Å². The third-order valence-electron chi connectivity index (χ3n) is 3.29. The molecule has 2 aromatic rings. The van der Waals surface area contributed by atoms with Crippen LogP contribution in [0, 0.1) is 10.1 Å². The summed E-state index contributed by atoms with van der Waals surface area (Å²) < 4.78 is 3.26. The van der Waals surface area contributed by atoms with E-state index >= 15 is 0 Å². The molecule has 10 heteroatoms. The zero-order valence-corrected chi connectivity index (χ0v) is 13.5. The molecule has 0 aromatic carbocycles. The minimum Gasteiger partial charge on any atom is -0.481 e. The SMILES string of the molecule is O=C(O)CCCCn1ccn(Cc2ccc(Cl)nc2)c1=N[N+](=O)[O-]. The van der Waals surface area contributed by atoms with Crippen LogP contribution in [0.2, 0.25) is 5.15 Å². The normalized spacial score (nSPS) is 11.6. The number of nitrogens with zero attached hydrogens (tertiary/aromatic N) is 5. The highest BCUT2D eigenvalue weighted by Gasteiger charge is 2.07. The van der Waals surface area contributed by atoms with E-state index in [2.05, 4.69) is 10.1 Å². The second-order valence-corrected chi connectivity index (χ2v) is 5.48. The van der Waals surface area contributed by atoms with Crippen LogP contribution in [-0.4, -0.2) is 30.2 Å². The number of aromatic nitrogens is 3. The van der Waals surface area contributed by atoms with Gasteiger partial charge < -0.3 is 14.2 Å². The molecule has 128 valence electrons. The van der Waals surface area contributed by atoms with Crippen molar-refractivity contribution < 1.29 is 14.9 Å². The summed E-state index contributed by atoms with van der Waals surface area (Å²) in [5, 5.41) is 22.5. The molecule has 0 atom stereocenters. The highest BCUT2D eigenvalue weighted by atomic mass is 35.5. The van der Waals surface area contributed by atoms with E-state index in [1.807, 2.05) is 0 Å². The maximum Gasteiger partial charge on any atom is 0.303 e. The average Bonchev–Trinajstić information content (AvgIpc) is 2.87. The topological polar surface area (TPSA) is 116 Å². The van der Waals surface area contributed by atoms with Gasteiger partial charge in [0.25, 0.3) is 5.62 Å². The Morgan fingerprint density at radius 2 is 2.08 bits per heavy atom. The molecule has 0 aliphatic carbocycles. The lowest BCUT2D eigenvalue weighted by Crippen LogP contribution is -2.28. The number of carboxylic acids is 1. The monoisotopic (exact) mass is 353 g/mol. The molecule has 2 aromatic heterocycles. The van der Waals surface area contributed by atoms with Crippen molar-refractivity contribution in [3.63, 3.8) is 0 Å². The fourth-order valence-corrected chi connectivity index (χ4v) is 2.31. The number of aryl methyl sites for hydroxylation is 1. The van der Waals surface area contributed by atoms with E-state index in [1.54, 1.807) is 39.9 Å². The van der Waals surface area contributed by atoms with Gasteiger partial charge in [-0.3, -0.25) is 4.79 Å². The zero-order valence-electron chi connectivity index (χ0n) is 12.7. The number of nitro groups is 1. The Hall–Kier alpha value is -2.68. The summed E-state index contributed by atoms with van der Waals surface area (Å²) in [5.41, 5.74) is 1.01. The Kier molecular flexibility index (Phi) is 6.07. The van der Waals surface area contributed by atoms with Gasteiger partial charge in [0.05, 0.1) is 6.54 Å². The van der Waals surface area contributed by atoms with Crippen molar-refractivity contribution >= 4 is 17.6 Å². The van der Waals surface area contributed by atoms with Crippen LogP contribution in [0.5, 0.6) is 0 Å². The molecule has 0 bridgehead atoms. The van der Waals surface area contributed by atoms with E-state index < -0.39 is 11.0 Å². The fraction of sp³-hybridized carbons (Fsp3) is 0.357. The van der Waals surface area contributed by atoms with Gasteiger partial charge in [0.2, 0.25) is 0 Å². The molecule has 9 nitrogen and oxygen atoms in total. The van der Waals surface area contributed by atoms with E-state index in [4.69, 9.17) is 16.7 Å². The molecular weight excluding hydrogens is 338 g/mol. The molecule has 0 unspecified atom stereocenters. The minimum absolute atomic E-state index is 0.0689. The van der Waals surface area contributed by atoms with Crippen LogP contribution in [0.15, 0.2) is 35.8 Å². The number of halogens is 1. The Morgan fingerprint density at radius 3 is 2.71 bits per heavy atom. The van der Waals surface area contributed by atoms with Gasteiger partial charge in [0.15, 0.2) is 5.03 Å². The largest absolute Gasteiger partial charge is 0.481 e. The summed E-state index contributed by atoms with van der Waals surface area (Å²) in [6, 6.07) is 3.42. The third kappa shape index (κ3) is 5.20. The Bertz CT molecular complexity index is 781. The zero-order chi connectivity index (χ0) is 17.5. The van der Waals surface area contributed by atoms with Gasteiger partial charge in [0, 0.05) is 31.6 Å². The van der Waals surface area contributed by atoms with Gasteiger partial charge in [-0.25, -0.2) is 15.1 Å². The molecule has 0 aliphatic heterocycles. The number of hydrogen-bond donors (Lipinski definition) is 1. The second-order valence-electron chi connectivity index (χ2n) is 5.10. The van der Waals surface area contributed by atoms with Crippen molar-refractivity contribution in [1.29, 1.82) is 0 Å². The summed E-state index contributed by atoms with van der Waals surface area (Å²) in [5.74, 6) is -0.858. The number of rotatable bonds is 8. The smallest absolute Gasteiger partial charge is 0.303 e. The summed E-state index contributed by atoms with van der Waals surface area (Å²) >= 11 is 5.74. The average molecular weight is 354 g/mol. The highest BCUT2D eigenvalue weighted by molar-refractivity contribution is 6.29. The number of hydrogen-bond acceptors (Lipinski definition) is 4. The fourth-order valence-electron chi connectivity index (χ4n) is 2.20. The molecular formula is C14H16ClN5O4. The molecule has 1 N–H and O–H groups in total. The Labute approximate surface area is 142 Å². The van der Waals surface area contributed by atoms with Gasteiger partial charge in [-0.1, -0.05) is 17.7 Å². The molecule has 0 saturated heterocycles. The minimum atomic E-state index is -0.858. The van der Waals surface area contributed by atoms with Crippen LogP contribution in [0.4, 0.5) is 0 Å². The summed E-state index contributed by atoms with van der Waals surface area (Å²) in [6.07, 6.45) is 6.12. The van der Waals surface area contributed by atoms with Gasteiger partial charge in [-0.05, 0) is 24.5 Å². The number of imidazole rings is 1. The van der Waals surface area contributed by atoms with Gasteiger partial charge in [-0.2, -0.15) is 0 Å². The molecule has 2 rings (SSSR count). The number of pyridine rings is 1. The molecule has 0 fully saturated rings. The van der Waals surface area contributed by atoms with Crippen LogP contribution < -0.4 is 5.62 Å². The first-order chi connectivity index (χ1) is 11.5. The van der Waals surface area contributed by atoms with Crippen LogP contribution >= 0.6 is 11.6 Å². The lowest BCUT2D eigenvalue weighted by molar-refractivity contribution is -0.491.